The molecule has 94 valence electrons. The Morgan fingerprint density at radius 3 is 2.78 bits per heavy atom. The third-order valence-corrected chi connectivity index (χ3v) is 3.64. The largest absolute Gasteiger partial charge is 0.399 e. The highest BCUT2D eigenvalue weighted by Gasteiger charge is 2.26. The van der Waals surface area contributed by atoms with E-state index in [1.165, 1.54) is 11.1 Å². The van der Waals surface area contributed by atoms with Gasteiger partial charge in [-0.15, -0.1) is 10.2 Å². The lowest BCUT2D eigenvalue weighted by molar-refractivity contribution is 0.203. The van der Waals surface area contributed by atoms with E-state index in [-0.39, 0.29) is 6.04 Å². The fourth-order valence-electron chi connectivity index (χ4n) is 2.55. The van der Waals surface area contributed by atoms with Gasteiger partial charge >= 0.3 is 0 Å². The zero-order chi connectivity index (χ0) is 12.7. The van der Waals surface area contributed by atoms with E-state index in [2.05, 4.69) is 34.2 Å². The highest BCUT2D eigenvalue weighted by Crippen LogP contribution is 2.30. The van der Waals surface area contributed by atoms with Crippen LogP contribution < -0.4 is 5.73 Å². The van der Waals surface area contributed by atoms with Gasteiger partial charge in [0.15, 0.2) is 0 Å². The minimum atomic E-state index is 0.256. The summed E-state index contributed by atoms with van der Waals surface area (Å²) >= 11 is 0. The summed E-state index contributed by atoms with van der Waals surface area (Å²) in [5.74, 6) is 0.996. The minimum Gasteiger partial charge on any atom is -0.399 e. The van der Waals surface area contributed by atoms with Gasteiger partial charge in [0.05, 0.1) is 6.04 Å². The molecule has 0 radical (unpaired) electrons. The molecule has 1 unspecified atom stereocenters. The quantitative estimate of drug-likeness (QED) is 0.811. The van der Waals surface area contributed by atoms with Crippen molar-refractivity contribution in [2.45, 2.75) is 26.1 Å². The predicted molar refractivity (Wildman–Crippen MR) is 69.5 cm³/mol. The molecule has 2 N–H and O–H groups in total. The van der Waals surface area contributed by atoms with Crippen LogP contribution in [0.3, 0.4) is 0 Å². The number of hydrogen-bond donors (Lipinski definition) is 1. The maximum absolute atomic E-state index is 5.83. The second-order valence-electron chi connectivity index (χ2n) is 4.91. The number of nitrogens with two attached hydrogens (primary N) is 1. The smallest absolute Gasteiger partial charge is 0.149 e. The van der Waals surface area contributed by atoms with Crippen molar-refractivity contribution in [2.75, 3.05) is 5.73 Å². The Kier molecular flexibility index (Phi) is 2.56. The van der Waals surface area contributed by atoms with Crippen LogP contribution >= 0.6 is 0 Å². The molecule has 0 saturated carbocycles. The number of rotatable bonds is 2. The first-order valence-corrected chi connectivity index (χ1v) is 6.10. The van der Waals surface area contributed by atoms with E-state index < -0.39 is 0 Å². The highest BCUT2D eigenvalue weighted by atomic mass is 15.3. The summed E-state index contributed by atoms with van der Waals surface area (Å²) < 4.78 is 1.97. The van der Waals surface area contributed by atoms with Crippen molar-refractivity contribution >= 4 is 5.69 Å². The number of nitrogen functional groups attached to an aromatic ring is 1. The van der Waals surface area contributed by atoms with Gasteiger partial charge in [0.25, 0.3) is 0 Å². The van der Waals surface area contributed by atoms with E-state index in [1.54, 1.807) is 6.33 Å². The lowest BCUT2D eigenvalue weighted by atomic mass is 10.1. The number of aryl methyl sites for hydroxylation is 1. The van der Waals surface area contributed by atoms with E-state index in [0.29, 0.717) is 0 Å². The van der Waals surface area contributed by atoms with Crippen LogP contribution in [0.25, 0.3) is 0 Å². The first kappa shape index (κ1) is 11.2. The van der Waals surface area contributed by atoms with E-state index in [9.17, 15) is 0 Å². The SMILES string of the molecule is CC(c1nncn1C)N1Cc2ccc(N)cc2C1. The van der Waals surface area contributed by atoms with Crippen molar-refractivity contribution in [3.63, 3.8) is 0 Å². The summed E-state index contributed by atoms with van der Waals surface area (Å²) in [5.41, 5.74) is 9.34. The maximum atomic E-state index is 5.83. The Morgan fingerprint density at radius 1 is 1.28 bits per heavy atom. The number of anilines is 1. The predicted octanol–water partition coefficient (Wildman–Crippen LogP) is 1.47. The molecule has 1 aliphatic heterocycles. The van der Waals surface area contributed by atoms with Crippen LogP contribution in [0.1, 0.15) is 29.9 Å². The van der Waals surface area contributed by atoms with Crippen LogP contribution in [0.5, 0.6) is 0 Å². The zero-order valence-corrected chi connectivity index (χ0v) is 10.7. The van der Waals surface area contributed by atoms with Crippen LogP contribution in [0.15, 0.2) is 24.5 Å². The van der Waals surface area contributed by atoms with Crippen LogP contribution in [0.4, 0.5) is 5.69 Å². The summed E-state index contributed by atoms with van der Waals surface area (Å²) in [5, 5.41) is 8.13. The fraction of sp³-hybridized carbons (Fsp3) is 0.385. The summed E-state index contributed by atoms with van der Waals surface area (Å²) in [6.07, 6.45) is 1.74. The third-order valence-electron chi connectivity index (χ3n) is 3.64. The summed E-state index contributed by atoms with van der Waals surface area (Å²) in [4.78, 5) is 2.38. The van der Waals surface area contributed by atoms with Crippen molar-refractivity contribution < 1.29 is 0 Å². The second-order valence-corrected chi connectivity index (χ2v) is 4.91. The van der Waals surface area contributed by atoms with Crippen LogP contribution in [0.2, 0.25) is 0 Å². The Labute approximate surface area is 106 Å². The molecule has 1 aromatic heterocycles. The molecule has 2 aromatic rings. The molecule has 1 atom stereocenters. The molecule has 18 heavy (non-hydrogen) atoms. The zero-order valence-electron chi connectivity index (χ0n) is 10.7. The Morgan fingerprint density at radius 2 is 2.06 bits per heavy atom. The fourth-order valence-corrected chi connectivity index (χ4v) is 2.55. The van der Waals surface area contributed by atoms with Crippen molar-refractivity contribution in [1.82, 2.24) is 19.7 Å². The molecule has 0 aliphatic carbocycles. The molecule has 0 spiro atoms. The molecular weight excluding hydrogens is 226 g/mol. The first-order valence-electron chi connectivity index (χ1n) is 6.10. The molecule has 3 rings (SSSR count). The maximum Gasteiger partial charge on any atom is 0.149 e. The number of fused-ring (bicyclic) bond motifs is 1. The molecule has 2 heterocycles. The monoisotopic (exact) mass is 243 g/mol. The van der Waals surface area contributed by atoms with Gasteiger partial charge in [-0.2, -0.15) is 0 Å². The van der Waals surface area contributed by atoms with Gasteiger partial charge in [-0.1, -0.05) is 6.07 Å². The van der Waals surface area contributed by atoms with Gasteiger partial charge in [-0.05, 0) is 30.2 Å². The van der Waals surface area contributed by atoms with Gasteiger partial charge in [0.1, 0.15) is 12.2 Å². The van der Waals surface area contributed by atoms with E-state index in [4.69, 9.17) is 5.73 Å². The number of nitrogens with zero attached hydrogens (tertiary/aromatic N) is 4. The van der Waals surface area contributed by atoms with Crippen LogP contribution in [0, 0.1) is 0 Å². The lowest BCUT2D eigenvalue weighted by Crippen LogP contribution is -2.23. The van der Waals surface area contributed by atoms with Crippen molar-refractivity contribution in [3.05, 3.63) is 41.5 Å². The minimum absolute atomic E-state index is 0.256. The standard InChI is InChI=1S/C13H17N5/c1-9(13-16-15-8-17(13)2)18-6-10-3-4-12(14)5-11(10)7-18/h3-5,8-9H,6-7,14H2,1-2H3. The molecule has 1 aliphatic rings. The molecule has 0 saturated heterocycles. The number of hydrogen-bond acceptors (Lipinski definition) is 4. The third kappa shape index (κ3) is 1.76. The van der Waals surface area contributed by atoms with Crippen LogP contribution in [-0.2, 0) is 20.1 Å². The van der Waals surface area contributed by atoms with Gasteiger partial charge < -0.3 is 10.3 Å². The molecule has 0 fully saturated rings. The van der Waals surface area contributed by atoms with Gasteiger partial charge in [-0.3, -0.25) is 4.90 Å². The Balaban J connectivity index is 1.84. The molecule has 5 nitrogen and oxygen atoms in total. The van der Waals surface area contributed by atoms with Gasteiger partial charge in [0, 0.05) is 25.8 Å². The summed E-state index contributed by atoms with van der Waals surface area (Å²) in [7, 11) is 1.98. The highest BCUT2D eigenvalue weighted by molar-refractivity contribution is 5.46. The topological polar surface area (TPSA) is 60.0 Å². The van der Waals surface area contributed by atoms with E-state index >= 15 is 0 Å². The lowest BCUT2D eigenvalue weighted by Gasteiger charge is -2.22. The molecule has 5 heteroatoms. The average molecular weight is 243 g/mol. The first-order chi connectivity index (χ1) is 8.65. The average Bonchev–Trinajstić information content (AvgIpc) is 2.93. The molecule has 1 aromatic carbocycles. The summed E-state index contributed by atoms with van der Waals surface area (Å²) in [6, 6.07) is 6.41. The van der Waals surface area contributed by atoms with Crippen molar-refractivity contribution in [3.8, 4) is 0 Å². The Bertz CT molecular complexity index is 575. The van der Waals surface area contributed by atoms with Gasteiger partial charge in [0.2, 0.25) is 0 Å². The van der Waals surface area contributed by atoms with E-state index in [1.807, 2.05) is 17.7 Å². The second kappa shape index (κ2) is 4.10. The van der Waals surface area contributed by atoms with Crippen molar-refractivity contribution in [2.24, 2.45) is 7.05 Å². The Hall–Kier alpha value is -1.88. The molecular formula is C13H17N5. The molecule has 0 amide bonds. The number of aromatic nitrogens is 3. The molecule has 0 bridgehead atoms. The normalized spacial score (nSPS) is 16.8. The number of benzene rings is 1. The van der Waals surface area contributed by atoms with E-state index in [0.717, 1.165) is 24.6 Å². The van der Waals surface area contributed by atoms with Crippen molar-refractivity contribution in [1.29, 1.82) is 0 Å². The van der Waals surface area contributed by atoms with Crippen LogP contribution in [-0.4, -0.2) is 19.7 Å². The van der Waals surface area contributed by atoms with Gasteiger partial charge in [-0.25, -0.2) is 0 Å². The summed E-state index contributed by atoms with van der Waals surface area (Å²) in [6.45, 7) is 4.04.